The van der Waals surface area contributed by atoms with Crippen molar-refractivity contribution in [2.75, 3.05) is 6.61 Å². The Bertz CT molecular complexity index is 120. The third-order valence-electron chi connectivity index (χ3n) is 2.62. The topological polar surface area (TPSA) is 60.7 Å². The number of unbranched alkanes of at least 4 members (excludes halogenated alkanes) is 8. The largest absolute Gasteiger partial charge is 0.451 e. The molecule has 0 aromatic rings. The average Bonchev–Trinajstić information content (AvgIpc) is 2.20. The first-order valence-electron chi connectivity index (χ1n) is 6.24. The molecule has 0 unspecified atom stereocenters. The van der Waals surface area contributed by atoms with Crippen LogP contribution in [0.2, 0.25) is 6.32 Å². The van der Waals surface area contributed by atoms with Crippen LogP contribution in [0.1, 0.15) is 57.8 Å². The van der Waals surface area contributed by atoms with Gasteiger partial charge in [-0.1, -0.05) is 51.4 Å². The lowest BCUT2D eigenvalue weighted by Gasteiger charge is -2.01. The molecule has 0 aliphatic heterocycles. The summed E-state index contributed by atoms with van der Waals surface area (Å²) in [6.07, 6.45) is 10.8. The van der Waals surface area contributed by atoms with Gasteiger partial charge in [0.1, 0.15) is 0 Å². The second-order valence-electron chi connectivity index (χ2n) is 4.17. The van der Waals surface area contributed by atoms with E-state index in [9.17, 15) is 0 Å². The van der Waals surface area contributed by atoms with Crippen LogP contribution in [0.5, 0.6) is 0 Å². The van der Waals surface area contributed by atoms with Crippen molar-refractivity contribution < 1.29 is 15.2 Å². The van der Waals surface area contributed by atoms with Crippen LogP contribution in [0.3, 0.4) is 0 Å². The van der Waals surface area contributed by atoms with E-state index in [4.69, 9.17) is 15.2 Å². The highest BCUT2D eigenvalue weighted by molar-refractivity contribution is 6.40. The van der Waals surface area contributed by atoms with Gasteiger partial charge < -0.3 is 15.2 Å². The van der Waals surface area contributed by atoms with Gasteiger partial charge in [0, 0.05) is 6.61 Å². The maximum Gasteiger partial charge on any atom is 0.451 e. The summed E-state index contributed by atoms with van der Waals surface area (Å²) in [6.45, 7) is 0.323. The fraction of sp³-hybridized carbons (Fsp3) is 1.00. The Hall–Kier alpha value is -0.0551. The molecular formula is C11H25BO3. The highest BCUT2D eigenvalue weighted by Crippen LogP contribution is 2.10. The molecule has 0 rings (SSSR count). The fourth-order valence-corrected chi connectivity index (χ4v) is 1.68. The summed E-state index contributed by atoms with van der Waals surface area (Å²) in [5.74, 6) is 0. The van der Waals surface area contributed by atoms with E-state index in [1.165, 1.54) is 32.1 Å². The average molecular weight is 216 g/mol. The first-order chi connectivity index (χ1) is 7.27. The maximum atomic E-state index is 8.61. The van der Waals surface area contributed by atoms with Crippen LogP contribution < -0.4 is 0 Å². The zero-order chi connectivity index (χ0) is 11.4. The molecule has 0 fully saturated rings. The Morgan fingerprint density at radius 1 is 0.600 bits per heavy atom. The Labute approximate surface area is 93.7 Å². The normalized spacial score (nSPS) is 10.6. The first-order valence-corrected chi connectivity index (χ1v) is 6.24. The molecule has 0 heterocycles. The summed E-state index contributed by atoms with van der Waals surface area (Å²) in [6, 6.07) is 0. The summed E-state index contributed by atoms with van der Waals surface area (Å²) in [7, 11) is -1.12. The zero-order valence-electron chi connectivity index (χ0n) is 9.70. The standard InChI is InChI=1S/C11H25BO3/c13-11-9-7-5-3-1-2-4-6-8-10-12(14)15/h13-15H,1-11H2. The van der Waals surface area contributed by atoms with Crippen molar-refractivity contribution in [1.82, 2.24) is 0 Å². The number of hydrogen-bond donors (Lipinski definition) is 3. The van der Waals surface area contributed by atoms with Gasteiger partial charge in [0.2, 0.25) is 0 Å². The summed E-state index contributed by atoms with van der Waals surface area (Å²) in [4.78, 5) is 0. The van der Waals surface area contributed by atoms with Crippen LogP contribution >= 0.6 is 0 Å². The smallest absolute Gasteiger partial charge is 0.427 e. The van der Waals surface area contributed by atoms with E-state index in [2.05, 4.69) is 0 Å². The molecular weight excluding hydrogens is 191 g/mol. The zero-order valence-corrected chi connectivity index (χ0v) is 9.70. The van der Waals surface area contributed by atoms with Gasteiger partial charge in [-0.25, -0.2) is 0 Å². The number of aliphatic hydroxyl groups excluding tert-OH is 1. The van der Waals surface area contributed by atoms with Crippen LogP contribution in [-0.2, 0) is 0 Å². The van der Waals surface area contributed by atoms with E-state index < -0.39 is 7.12 Å². The molecule has 0 aliphatic carbocycles. The number of hydrogen-bond acceptors (Lipinski definition) is 3. The number of rotatable bonds is 11. The molecule has 0 radical (unpaired) electrons. The molecule has 0 aromatic heterocycles. The van der Waals surface area contributed by atoms with Gasteiger partial charge in [0.05, 0.1) is 0 Å². The lowest BCUT2D eigenvalue weighted by molar-refractivity contribution is 0.282. The van der Waals surface area contributed by atoms with Gasteiger partial charge >= 0.3 is 7.12 Å². The predicted molar refractivity (Wildman–Crippen MR) is 63.6 cm³/mol. The molecule has 0 spiro atoms. The van der Waals surface area contributed by atoms with Gasteiger partial charge in [0.15, 0.2) is 0 Å². The molecule has 90 valence electrons. The quantitative estimate of drug-likeness (QED) is 0.365. The molecule has 0 amide bonds. The molecule has 0 aliphatic rings. The van der Waals surface area contributed by atoms with E-state index in [0.29, 0.717) is 12.9 Å². The van der Waals surface area contributed by atoms with E-state index in [-0.39, 0.29) is 0 Å². The molecule has 3 N–H and O–H groups in total. The van der Waals surface area contributed by atoms with Crippen LogP contribution in [0.25, 0.3) is 0 Å². The van der Waals surface area contributed by atoms with E-state index in [0.717, 1.165) is 25.7 Å². The minimum absolute atomic E-state index is 0.323. The molecule has 0 saturated carbocycles. The minimum Gasteiger partial charge on any atom is -0.427 e. The molecule has 15 heavy (non-hydrogen) atoms. The lowest BCUT2D eigenvalue weighted by Crippen LogP contribution is -2.09. The molecule has 3 nitrogen and oxygen atoms in total. The van der Waals surface area contributed by atoms with E-state index >= 15 is 0 Å². The Morgan fingerprint density at radius 2 is 1.00 bits per heavy atom. The van der Waals surface area contributed by atoms with E-state index in [1.807, 2.05) is 0 Å². The van der Waals surface area contributed by atoms with Gasteiger partial charge in [-0.2, -0.15) is 0 Å². The van der Waals surface area contributed by atoms with Gasteiger partial charge in [-0.3, -0.25) is 0 Å². The van der Waals surface area contributed by atoms with Crippen molar-refractivity contribution in [3.8, 4) is 0 Å². The van der Waals surface area contributed by atoms with Crippen molar-refractivity contribution in [2.45, 2.75) is 64.1 Å². The Balaban J connectivity index is 2.87. The van der Waals surface area contributed by atoms with Crippen molar-refractivity contribution >= 4 is 7.12 Å². The summed E-state index contributed by atoms with van der Waals surface area (Å²) in [5.41, 5.74) is 0. The first kappa shape index (κ1) is 14.9. The Morgan fingerprint density at radius 3 is 1.40 bits per heavy atom. The predicted octanol–water partition coefficient (Wildman–Crippen LogP) is 1.96. The maximum absolute atomic E-state index is 8.61. The number of aliphatic hydroxyl groups is 1. The Kier molecular flexibility index (Phi) is 12.0. The second-order valence-corrected chi connectivity index (χ2v) is 4.17. The summed E-state index contributed by atoms with van der Waals surface area (Å²) < 4.78 is 0. The van der Waals surface area contributed by atoms with Crippen molar-refractivity contribution in [2.24, 2.45) is 0 Å². The van der Waals surface area contributed by atoms with Crippen molar-refractivity contribution in [3.63, 3.8) is 0 Å². The SMILES string of the molecule is OCCCCCCCCCCCB(O)O. The highest BCUT2D eigenvalue weighted by Gasteiger charge is 2.04. The van der Waals surface area contributed by atoms with Gasteiger partial charge in [0.25, 0.3) is 0 Å². The third-order valence-corrected chi connectivity index (χ3v) is 2.62. The van der Waals surface area contributed by atoms with Crippen molar-refractivity contribution in [1.29, 1.82) is 0 Å². The van der Waals surface area contributed by atoms with Crippen LogP contribution in [0.15, 0.2) is 0 Å². The molecule has 4 heteroatoms. The minimum atomic E-state index is -1.12. The second kappa shape index (κ2) is 12.0. The van der Waals surface area contributed by atoms with Crippen molar-refractivity contribution in [3.05, 3.63) is 0 Å². The molecule has 0 atom stereocenters. The van der Waals surface area contributed by atoms with Crippen LogP contribution in [0.4, 0.5) is 0 Å². The van der Waals surface area contributed by atoms with Gasteiger partial charge in [-0.15, -0.1) is 0 Å². The van der Waals surface area contributed by atoms with E-state index in [1.54, 1.807) is 0 Å². The molecule has 0 bridgehead atoms. The van der Waals surface area contributed by atoms with Crippen LogP contribution in [0, 0.1) is 0 Å². The fourth-order valence-electron chi connectivity index (χ4n) is 1.68. The lowest BCUT2D eigenvalue weighted by atomic mass is 9.83. The summed E-state index contributed by atoms with van der Waals surface area (Å²) in [5, 5.41) is 25.8. The van der Waals surface area contributed by atoms with Gasteiger partial charge in [-0.05, 0) is 12.7 Å². The summed E-state index contributed by atoms with van der Waals surface area (Å²) >= 11 is 0. The highest BCUT2D eigenvalue weighted by atomic mass is 16.4. The van der Waals surface area contributed by atoms with Crippen LogP contribution in [-0.4, -0.2) is 28.9 Å². The molecule has 0 saturated heterocycles. The third kappa shape index (κ3) is 13.9. The molecule has 0 aromatic carbocycles. The monoisotopic (exact) mass is 216 g/mol.